The molecular weight excluding hydrogens is 276 g/mol. The number of hydrogen-bond acceptors (Lipinski definition) is 3. The lowest BCUT2D eigenvalue weighted by atomic mass is 10.2. The van der Waals surface area contributed by atoms with Gasteiger partial charge in [-0.1, -0.05) is 18.5 Å². The zero-order chi connectivity index (χ0) is 14.5. The van der Waals surface area contributed by atoms with Crippen LogP contribution in [0.25, 0.3) is 0 Å². The molecule has 5 heteroatoms. The summed E-state index contributed by atoms with van der Waals surface area (Å²) >= 11 is 5.90. The van der Waals surface area contributed by atoms with Gasteiger partial charge in [-0.05, 0) is 30.7 Å². The Morgan fingerprint density at radius 3 is 2.85 bits per heavy atom. The number of hydrogen-bond donors (Lipinski definition) is 2. The minimum absolute atomic E-state index is 0.0111. The molecule has 106 valence electrons. The van der Waals surface area contributed by atoms with Crippen LogP contribution < -0.4 is 10.9 Å². The molecular formula is C15H17ClN2O2. The first kappa shape index (κ1) is 14.5. The quantitative estimate of drug-likeness (QED) is 0.889. The topological polar surface area (TPSA) is 54.3 Å². The molecule has 2 aromatic rings. The summed E-state index contributed by atoms with van der Waals surface area (Å²) in [5.74, 6) is 0.198. The zero-order valence-electron chi connectivity index (χ0n) is 11.3. The maximum absolute atomic E-state index is 11.6. The van der Waals surface area contributed by atoms with Crippen LogP contribution in [0.4, 0.5) is 5.69 Å². The van der Waals surface area contributed by atoms with Gasteiger partial charge < -0.3 is 15.0 Å². The van der Waals surface area contributed by atoms with Crippen LogP contribution in [0.15, 0.2) is 41.3 Å². The number of anilines is 1. The van der Waals surface area contributed by atoms with Crippen molar-refractivity contribution >= 4 is 17.3 Å². The smallest absolute Gasteiger partial charge is 0.250 e. The van der Waals surface area contributed by atoms with E-state index in [9.17, 15) is 9.90 Å². The van der Waals surface area contributed by atoms with Gasteiger partial charge in [0.1, 0.15) is 5.75 Å². The van der Waals surface area contributed by atoms with E-state index in [4.69, 9.17) is 11.6 Å². The highest BCUT2D eigenvalue weighted by molar-refractivity contribution is 6.30. The van der Waals surface area contributed by atoms with Gasteiger partial charge in [0.05, 0.1) is 5.69 Å². The van der Waals surface area contributed by atoms with Gasteiger partial charge in [0.2, 0.25) is 0 Å². The molecule has 0 saturated carbocycles. The van der Waals surface area contributed by atoms with E-state index in [0.29, 0.717) is 23.7 Å². The summed E-state index contributed by atoms with van der Waals surface area (Å²) in [4.78, 5) is 11.6. The molecule has 0 radical (unpaired) electrons. The van der Waals surface area contributed by atoms with E-state index >= 15 is 0 Å². The Labute approximate surface area is 122 Å². The molecule has 1 heterocycles. The molecule has 0 atom stereocenters. The first-order valence-electron chi connectivity index (χ1n) is 6.52. The van der Waals surface area contributed by atoms with Crippen molar-refractivity contribution in [1.29, 1.82) is 0 Å². The molecule has 0 spiro atoms. The van der Waals surface area contributed by atoms with Crippen molar-refractivity contribution in [3.63, 3.8) is 0 Å². The molecule has 1 aromatic carbocycles. The van der Waals surface area contributed by atoms with E-state index in [1.54, 1.807) is 35.0 Å². The molecule has 2 N–H and O–H groups in total. The van der Waals surface area contributed by atoms with Crippen LogP contribution in [0, 0.1) is 0 Å². The van der Waals surface area contributed by atoms with E-state index in [1.165, 1.54) is 6.07 Å². The number of aryl methyl sites for hydroxylation is 1. The standard InChI is InChI=1S/C15H17ClN2O2/c1-2-7-18-10-13(4-6-15(18)20)17-9-11-8-12(16)3-5-14(11)19/h3-6,8,10,17,19H,2,7,9H2,1H3. The fourth-order valence-corrected chi connectivity index (χ4v) is 2.14. The van der Waals surface area contributed by atoms with Gasteiger partial charge in [0.25, 0.3) is 5.56 Å². The van der Waals surface area contributed by atoms with Crippen LogP contribution in [0.5, 0.6) is 5.75 Å². The second kappa shape index (κ2) is 6.48. The predicted octanol–water partition coefficient (Wildman–Crippen LogP) is 3.23. The van der Waals surface area contributed by atoms with E-state index in [1.807, 2.05) is 6.92 Å². The Bertz CT molecular complexity index is 653. The number of rotatable bonds is 5. The summed E-state index contributed by atoms with van der Waals surface area (Å²) in [5, 5.41) is 13.5. The summed E-state index contributed by atoms with van der Waals surface area (Å²) in [7, 11) is 0. The number of aromatic hydroxyl groups is 1. The summed E-state index contributed by atoms with van der Waals surface area (Å²) in [6.45, 7) is 3.16. The lowest BCUT2D eigenvalue weighted by molar-refractivity contribution is 0.469. The first-order chi connectivity index (χ1) is 9.60. The molecule has 0 bridgehead atoms. The van der Waals surface area contributed by atoms with Gasteiger partial charge in [-0.15, -0.1) is 0 Å². The van der Waals surface area contributed by atoms with Crippen molar-refractivity contribution in [2.24, 2.45) is 0 Å². The lowest BCUT2D eigenvalue weighted by Gasteiger charge is -2.11. The third kappa shape index (κ3) is 3.54. The maximum atomic E-state index is 11.6. The molecule has 4 nitrogen and oxygen atoms in total. The number of pyridine rings is 1. The Balaban J connectivity index is 2.12. The van der Waals surface area contributed by atoms with Crippen molar-refractivity contribution < 1.29 is 5.11 Å². The number of phenols is 1. The second-order valence-corrected chi connectivity index (χ2v) is 5.01. The minimum Gasteiger partial charge on any atom is -0.508 e. The van der Waals surface area contributed by atoms with Gasteiger partial charge in [-0.2, -0.15) is 0 Å². The highest BCUT2D eigenvalue weighted by Gasteiger charge is 2.03. The Kier molecular flexibility index (Phi) is 4.69. The fourth-order valence-electron chi connectivity index (χ4n) is 1.94. The first-order valence-corrected chi connectivity index (χ1v) is 6.89. The fraction of sp³-hybridized carbons (Fsp3) is 0.267. The molecule has 20 heavy (non-hydrogen) atoms. The number of nitrogens with one attached hydrogen (secondary N) is 1. The molecule has 0 unspecified atom stereocenters. The number of nitrogens with zero attached hydrogens (tertiary/aromatic N) is 1. The average Bonchev–Trinajstić information content (AvgIpc) is 2.43. The van der Waals surface area contributed by atoms with E-state index in [2.05, 4.69) is 5.32 Å². The van der Waals surface area contributed by atoms with E-state index in [-0.39, 0.29) is 11.3 Å². The van der Waals surface area contributed by atoms with Crippen LogP contribution in [-0.2, 0) is 13.1 Å². The number of phenolic OH excluding ortho intramolecular Hbond substituents is 1. The molecule has 0 amide bonds. The molecule has 0 aliphatic rings. The van der Waals surface area contributed by atoms with Gasteiger partial charge in [-0.3, -0.25) is 4.79 Å². The average molecular weight is 293 g/mol. The predicted molar refractivity (Wildman–Crippen MR) is 81.4 cm³/mol. The molecule has 0 aliphatic heterocycles. The van der Waals surface area contributed by atoms with Crippen LogP contribution >= 0.6 is 11.6 Å². The second-order valence-electron chi connectivity index (χ2n) is 4.58. The summed E-state index contributed by atoms with van der Waals surface area (Å²) in [6.07, 6.45) is 2.69. The van der Waals surface area contributed by atoms with Gasteiger partial charge in [-0.25, -0.2) is 0 Å². The number of benzene rings is 1. The molecule has 2 rings (SSSR count). The Hall–Kier alpha value is -1.94. The van der Waals surface area contributed by atoms with E-state index < -0.39 is 0 Å². The SMILES string of the molecule is CCCn1cc(NCc2cc(Cl)ccc2O)ccc1=O. The van der Waals surface area contributed by atoms with Crippen LogP contribution in [0.3, 0.4) is 0 Å². The van der Waals surface area contributed by atoms with Gasteiger partial charge in [0.15, 0.2) is 0 Å². The van der Waals surface area contributed by atoms with Crippen molar-refractivity contribution in [3.8, 4) is 5.75 Å². The molecule has 1 aromatic heterocycles. The van der Waals surface area contributed by atoms with Gasteiger partial charge in [0, 0.05) is 35.9 Å². The van der Waals surface area contributed by atoms with Crippen molar-refractivity contribution in [2.75, 3.05) is 5.32 Å². The highest BCUT2D eigenvalue weighted by Crippen LogP contribution is 2.22. The Morgan fingerprint density at radius 2 is 2.10 bits per heavy atom. The lowest BCUT2D eigenvalue weighted by Crippen LogP contribution is -2.18. The normalized spacial score (nSPS) is 10.5. The van der Waals surface area contributed by atoms with Crippen LogP contribution in [-0.4, -0.2) is 9.67 Å². The van der Waals surface area contributed by atoms with E-state index in [0.717, 1.165) is 12.1 Å². The zero-order valence-corrected chi connectivity index (χ0v) is 12.0. The molecule has 0 fully saturated rings. The Morgan fingerprint density at radius 1 is 1.30 bits per heavy atom. The largest absolute Gasteiger partial charge is 0.508 e. The highest BCUT2D eigenvalue weighted by atomic mass is 35.5. The third-order valence-corrected chi connectivity index (χ3v) is 3.21. The number of halogens is 1. The summed E-state index contributed by atoms with van der Waals surface area (Å²) in [5.41, 5.74) is 1.53. The monoisotopic (exact) mass is 292 g/mol. The van der Waals surface area contributed by atoms with Crippen molar-refractivity contribution in [2.45, 2.75) is 26.4 Å². The molecule has 0 aliphatic carbocycles. The maximum Gasteiger partial charge on any atom is 0.250 e. The number of aromatic nitrogens is 1. The van der Waals surface area contributed by atoms with Crippen LogP contribution in [0.1, 0.15) is 18.9 Å². The van der Waals surface area contributed by atoms with Crippen molar-refractivity contribution in [3.05, 3.63) is 57.5 Å². The summed E-state index contributed by atoms with van der Waals surface area (Å²) in [6, 6.07) is 8.19. The summed E-state index contributed by atoms with van der Waals surface area (Å²) < 4.78 is 1.67. The molecule has 0 saturated heterocycles. The minimum atomic E-state index is -0.0111. The third-order valence-electron chi connectivity index (χ3n) is 2.97. The van der Waals surface area contributed by atoms with Crippen LogP contribution in [0.2, 0.25) is 5.02 Å². The van der Waals surface area contributed by atoms with Gasteiger partial charge >= 0.3 is 0 Å². The van der Waals surface area contributed by atoms with Crippen molar-refractivity contribution in [1.82, 2.24) is 4.57 Å².